The molecule has 1 amide bonds. The zero-order valence-corrected chi connectivity index (χ0v) is 12.8. The third-order valence-electron chi connectivity index (χ3n) is 4.10. The molecular formula is C16H26N2O3. The topological polar surface area (TPSA) is 74.5 Å². The first-order chi connectivity index (χ1) is 10.0. The third-order valence-corrected chi connectivity index (χ3v) is 4.10. The van der Waals surface area contributed by atoms with Crippen molar-refractivity contribution >= 4 is 5.91 Å². The minimum atomic E-state index is -0.557. The van der Waals surface area contributed by atoms with Gasteiger partial charge in [0.15, 0.2) is 0 Å². The fourth-order valence-electron chi connectivity index (χ4n) is 3.09. The number of hydrogen-bond donors (Lipinski definition) is 3. The van der Waals surface area contributed by atoms with E-state index in [1.807, 2.05) is 0 Å². The lowest BCUT2D eigenvalue weighted by Gasteiger charge is -2.31. The van der Waals surface area contributed by atoms with Gasteiger partial charge in [0.25, 0.3) is 0 Å². The zero-order valence-electron chi connectivity index (χ0n) is 12.8. The molecule has 1 aliphatic carbocycles. The molecule has 0 unspecified atom stereocenters. The summed E-state index contributed by atoms with van der Waals surface area (Å²) in [6.45, 7) is 3.66. The first kappa shape index (κ1) is 16.0. The molecular weight excluding hydrogens is 268 g/mol. The molecule has 0 aliphatic heterocycles. The van der Waals surface area contributed by atoms with Gasteiger partial charge in [-0.3, -0.25) is 4.79 Å². The van der Waals surface area contributed by atoms with Gasteiger partial charge >= 0.3 is 0 Å². The normalized spacial score (nSPS) is 25.3. The van der Waals surface area contributed by atoms with Crippen molar-refractivity contribution in [1.82, 2.24) is 10.6 Å². The highest BCUT2D eigenvalue weighted by Crippen LogP contribution is 2.22. The first-order valence-corrected chi connectivity index (χ1v) is 7.79. The highest BCUT2D eigenvalue weighted by atomic mass is 16.4. The molecule has 1 saturated carbocycles. The van der Waals surface area contributed by atoms with Crippen LogP contribution in [0.1, 0.15) is 57.8 Å². The lowest BCUT2D eigenvalue weighted by Crippen LogP contribution is -2.44. The lowest BCUT2D eigenvalue weighted by atomic mass is 9.90. The van der Waals surface area contributed by atoms with Crippen LogP contribution in [0.5, 0.6) is 0 Å². The Bertz CT molecular complexity index is 425. The molecule has 2 atom stereocenters. The van der Waals surface area contributed by atoms with E-state index < -0.39 is 6.10 Å². The second-order valence-electron chi connectivity index (χ2n) is 6.08. The molecule has 3 N–H and O–H groups in total. The van der Waals surface area contributed by atoms with Gasteiger partial charge in [0, 0.05) is 25.0 Å². The molecule has 2 rings (SSSR count). The summed E-state index contributed by atoms with van der Waals surface area (Å²) in [5.41, 5.74) is 0. The number of amides is 1. The van der Waals surface area contributed by atoms with Crippen LogP contribution >= 0.6 is 0 Å². The number of aliphatic hydroxyl groups is 1. The van der Waals surface area contributed by atoms with E-state index in [0.29, 0.717) is 24.3 Å². The zero-order chi connectivity index (χ0) is 15.2. The van der Waals surface area contributed by atoms with E-state index in [0.717, 1.165) is 25.7 Å². The predicted molar refractivity (Wildman–Crippen MR) is 80.7 cm³/mol. The number of furan rings is 1. The maximum atomic E-state index is 11.0. The molecule has 1 aromatic heterocycles. The Morgan fingerprint density at radius 3 is 2.62 bits per heavy atom. The van der Waals surface area contributed by atoms with Crippen LogP contribution in [0.3, 0.4) is 0 Å². The van der Waals surface area contributed by atoms with Crippen LogP contribution in [-0.4, -0.2) is 29.1 Å². The van der Waals surface area contributed by atoms with Gasteiger partial charge in [0.05, 0.1) is 6.26 Å². The molecule has 5 nitrogen and oxygen atoms in total. The summed E-state index contributed by atoms with van der Waals surface area (Å²) in [7, 11) is 0. The van der Waals surface area contributed by atoms with E-state index in [1.165, 1.54) is 0 Å². The summed E-state index contributed by atoms with van der Waals surface area (Å²) in [6.07, 6.45) is 5.82. The fourth-order valence-corrected chi connectivity index (χ4v) is 3.09. The average molecular weight is 294 g/mol. The monoisotopic (exact) mass is 294 g/mol. The van der Waals surface area contributed by atoms with Crippen molar-refractivity contribution < 1.29 is 14.3 Å². The van der Waals surface area contributed by atoms with Gasteiger partial charge < -0.3 is 20.2 Å². The van der Waals surface area contributed by atoms with Crippen molar-refractivity contribution in [1.29, 1.82) is 0 Å². The minimum Gasteiger partial charge on any atom is -0.467 e. The Morgan fingerprint density at radius 2 is 2.05 bits per heavy atom. The van der Waals surface area contributed by atoms with Crippen LogP contribution in [0.4, 0.5) is 0 Å². The molecule has 0 saturated heterocycles. The molecule has 118 valence electrons. The molecule has 0 bridgehead atoms. The summed E-state index contributed by atoms with van der Waals surface area (Å²) in [4.78, 5) is 11.0. The van der Waals surface area contributed by atoms with E-state index in [1.54, 1.807) is 25.3 Å². The number of carbonyl (C=O) groups excluding carboxylic acids is 1. The number of nitrogens with one attached hydrogen (secondary N) is 2. The van der Waals surface area contributed by atoms with Gasteiger partial charge in [-0.1, -0.05) is 0 Å². The summed E-state index contributed by atoms with van der Waals surface area (Å²) in [6, 6.07) is 4.61. The number of carbonyl (C=O) groups is 1. The third kappa shape index (κ3) is 5.17. The molecule has 1 aromatic rings. The Labute approximate surface area is 126 Å². The standard InChI is InChI=1S/C16H26N2O3/c1-11(10-15(20)16-4-3-9-21-16)17-13-5-7-14(8-6-13)18-12(2)19/h3-4,9,11,13-15,17,20H,5-8,10H2,1-2H3,(H,18,19)/t11-,13?,14?,15+/m1/s1. The van der Waals surface area contributed by atoms with E-state index in [2.05, 4.69) is 17.6 Å². The summed E-state index contributed by atoms with van der Waals surface area (Å²) in [5.74, 6) is 0.680. The van der Waals surface area contributed by atoms with Crippen molar-refractivity contribution in [2.24, 2.45) is 0 Å². The number of hydrogen-bond acceptors (Lipinski definition) is 4. The van der Waals surface area contributed by atoms with Gasteiger partial charge in [0.1, 0.15) is 11.9 Å². The molecule has 0 radical (unpaired) electrons. The van der Waals surface area contributed by atoms with Crippen molar-refractivity contribution in [2.45, 2.75) is 70.2 Å². The number of aliphatic hydroxyl groups excluding tert-OH is 1. The van der Waals surface area contributed by atoms with Crippen molar-refractivity contribution in [3.05, 3.63) is 24.2 Å². The van der Waals surface area contributed by atoms with Crippen molar-refractivity contribution in [3.63, 3.8) is 0 Å². The van der Waals surface area contributed by atoms with Gasteiger partial charge in [-0.05, 0) is 51.2 Å². The van der Waals surface area contributed by atoms with Gasteiger partial charge in [-0.15, -0.1) is 0 Å². The van der Waals surface area contributed by atoms with Crippen molar-refractivity contribution in [2.75, 3.05) is 0 Å². The van der Waals surface area contributed by atoms with Crippen molar-refractivity contribution in [3.8, 4) is 0 Å². The molecule has 0 aromatic carbocycles. The highest BCUT2D eigenvalue weighted by molar-refractivity contribution is 5.73. The van der Waals surface area contributed by atoms with E-state index in [9.17, 15) is 9.90 Å². The Balaban J connectivity index is 1.69. The Kier molecular flexibility index (Phi) is 5.82. The van der Waals surface area contributed by atoms with Gasteiger partial charge in [0.2, 0.25) is 5.91 Å². The molecule has 1 aliphatic rings. The smallest absolute Gasteiger partial charge is 0.217 e. The lowest BCUT2D eigenvalue weighted by molar-refractivity contribution is -0.119. The van der Waals surface area contributed by atoms with Crippen LogP contribution in [0.25, 0.3) is 0 Å². The molecule has 0 spiro atoms. The quantitative estimate of drug-likeness (QED) is 0.751. The maximum absolute atomic E-state index is 11.0. The second kappa shape index (κ2) is 7.61. The highest BCUT2D eigenvalue weighted by Gasteiger charge is 2.23. The van der Waals surface area contributed by atoms with Crippen LogP contribution in [0, 0.1) is 0 Å². The van der Waals surface area contributed by atoms with Crippen LogP contribution < -0.4 is 10.6 Å². The predicted octanol–water partition coefficient (Wildman–Crippen LogP) is 2.13. The summed E-state index contributed by atoms with van der Waals surface area (Å²) >= 11 is 0. The largest absolute Gasteiger partial charge is 0.467 e. The minimum absolute atomic E-state index is 0.0568. The number of rotatable bonds is 6. The molecule has 1 fully saturated rings. The molecule has 1 heterocycles. The van der Waals surface area contributed by atoms with Gasteiger partial charge in [-0.25, -0.2) is 0 Å². The maximum Gasteiger partial charge on any atom is 0.217 e. The van der Waals surface area contributed by atoms with E-state index in [-0.39, 0.29) is 11.9 Å². The van der Waals surface area contributed by atoms with Crippen LogP contribution in [0.15, 0.2) is 22.8 Å². The van der Waals surface area contributed by atoms with Crippen LogP contribution in [-0.2, 0) is 4.79 Å². The fraction of sp³-hybridized carbons (Fsp3) is 0.688. The van der Waals surface area contributed by atoms with E-state index in [4.69, 9.17) is 4.42 Å². The summed E-state index contributed by atoms with van der Waals surface area (Å²) < 4.78 is 5.22. The van der Waals surface area contributed by atoms with Gasteiger partial charge in [-0.2, -0.15) is 0 Å². The molecule has 21 heavy (non-hydrogen) atoms. The average Bonchev–Trinajstić information content (AvgIpc) is 2.94. The second-order valence-corrected chi connectivity index (χ2v) is 6.08. The first-order valence-electron chi connectivity index (χ1n) is 7.79. The Morgan fingerprint density at radius 1 is 1.38 bits per heavy atom. The summed E-state index contributed by atoms with van der Waals surface area (Å²) in [5, 5.41) is 16.6. The Hall–Kier alpha value is -1.33. The van der Waals surface area contributed by atoms with Crippen LogP contribution in [0.2, 0.25) is 0 Å². The van der Waals surface area contributed by atoms with E-state index >= 15 is 0 Å². The SMILES string of the molecule is CC(=O)NC1CCC(N[C@H](C)C[C@H](O)c2ccco2)CC1. The molecule has 5 heteroatoms.